The van der Waals surface area contributed by atoms with E-state index in [-0.39, 0.29) is 10.6 Å². The van der Waals surface area contributed by atoms with Gasteiger partial charge in [-0.25, -0.2) is 18.2 Å². The molecule has 6 nitrogen and oxygen atoms in total. The first-order valence-electron chi connectivity index (χ1n) is 8.78. The molecule has 0 spiro atoms. The third kappa shape index (κ3) is 3.80. The summed E-state index contributed by atoms with van der Waals surface area (Å²) < 4.78 is 25.9. The fraction of sp³-hybridized carbons (Fsp3) is 0. The normalized spacial score (nSPS) is 11.6. The molecule has 4 N–H and O–H groups in total. The molecule has 4 rings (SSSR count). The standard InChI is InChI=1S/C21H16Cl2N4O2S/c22-15-9-5-13(6-10-15)20-19(24)21(14-7-11-16(23)12-8-14)27(26-20)17-3-1-2-4-18(17)30(25,28)29/h1-12H,24H2,(H2,25,28,29). The fourth-order valence-electron chi connectivity index (χ4n) is 3.18. The van der Waals surface area contributed by atoms with Gasteiger partial charge in [0.1, 0.15) is 10.6 Å². The van der Waals surface area contributed by atoms with Gasteiger partial charge in [0.2, 0.25) is 10.0 Å². The van der Waals surface area contributed by atoms with Crippen LogP contribution in [0.15, 0.2) is 77.7 Å². The average molecular weight is 459 g/mol. The first kappa shape index (κ1) is 20.4. The lowest BCUT2D eigenvalue weighted by molar-refractivity contribution is 0.596. The zero-order valence-electron chi connectivity index (χ0n) is 15.5. The quantitative estimate of drug-likeness (QED) is 0.460. The van der Waals surface area contributed by atoms with Gasteiger partial charge in [-0.05, 0) is 36.4 Å². The van der Waals surface area contributed by atoms with Crippen LogP contribution in [0.1, 0.15) is 0 Å². The summed E-state index contributed by atoms with van der Waals surface area (Å²) in [6, 6.07) is 20.4. The molecule has 0 atom stereocenters. The van der Waals surface area contributed by atoms with Gasteiger partial charge in [0.25, 0.3) is 0 Å². The van der Waals surface area contributed by atoms with Crippen LogP contribution >= 0.6 is 23.2 Å². The largest absolute Gasteiger partial charge is 0.395 e. The Morgan fingerprint density at radius 1 is 0.800 bits per heavy atom. The van der Waals surface area contributed by atoms with Gasteiger partial charge in [0, 0.05) is 21.2 Å². The average Bonchev–Trinajstić information content (AvgIpc) is 3.06. The minimum atomic E-state index is -4.00. The molecule has 1 heterocycles. The Balaban J connectivity index is 2.04. The third-order valence-corrected chi connectivity index (χ3v) is 6.02. The van der Waals surface area contributed by atoms with Crippen LogP contribution < -0.4 is 10.9 Å². The highest BCUT2D eigenvalue weighted by molar-refractivity contribution is 7.89. The van der Waals surface area contributed by atoms with E-state index in [1.165, 1.54) is 10.7 Å². The van der Waals surface area contributed by atoms with Gasteiger partial charge in [-0.2, -0.15) is 5.10 Å². The smallest absolute Gasteiger partial charge is 0.240 e. The second-order valence-electron chi connectivity index (χ2n) is 6.55. The molecule has 0 unspecified atom stereocenters. The summed E-state index contributed by atoms with van der Waals surface area (Å²) in [5.74, 6) is 0. The number of anilines is 1. The molecule has 0 saturated carbocycles. The Morgan fingerprint density at radius 2 is 1.33 bits per heavy atom. The number of rotatable bonds is 4. The molecular weight excluding hydrogens is 443 g/mol. The molecule has 0 aliphatic carbocycles. The van der Waals surface area contributed by atoms with E-state index < -0.39 is 10.0 Å². The third-order valence-electron chi connectivity index (χ3n) is 4.56. The molecule has 1 aromatic heterocycles. The maximum Gasteiger partial charge on any atom is 0.240 e. The molecule has 152 valence electrons. The molecule has 0 fully saturated rings. The number of nitrogen functional groups attached to an aromatic ring is 1. The monoisotopic (exact) mass is 458 g/mol. The van der Waals surface area contributed by atoms with Crippen LogP contribution in [-0.2, 0) is 10.0 Å². The fourth-order valence-corrected chi connectivity index (χ4v) is 4.15. The number of hydrogen-bond acceptors (Lipinski definition) is 4. The number of nitrogens with zero attached hydrogens (tertiary/aromatic N) is 2. The predicted octanol–water partition coefficient (Wildman–Crippen LogP) is 4.74. The number of para-hydroxylation sites is 1. The van der Waals surface area contributed by atoms with Gasteiger partial charge in [0.15, 0.2) is 0 Å². The number of hydrogen-bond donors (Lipinski definition) is 2. The molecule has 3 aromatic carbocycles. The minimum absolute atomic E-state index is 0.0645. The Labute approximate surface area is 183 Å². The highest BCUT2D eigenvalue weighted by atomic mass is 35.5. The Kier molecular flexibility index (Phi) is 5.29. The lowest BCUT2D eigenvalue weighted by Crippen LogP contribution is -2.16. The van der Waals surface area contributed by atoms with E-state index in [1.54, 1.807) is 66.7 Å². The van der Waals surface area contributed by atoms with Crippen molar-refractivity contribution in [2.45, 2.75) is 4.90 Å². The predicted molar refractivity (Wildman–Crippen MR) is 120 cm³/mol. The van der Waals surface area contributed by atoms with Crippen LogP contribution in [0.25, 0.3) is 28.2 Å². The molecule has 4 aromatic rings. The number of benzene rings is 3. The van der Waals surface area contributed by atoms with Crippen molar-refractivity contribution in [1.82, 2.24) is 9.78 Å². The van der Waals surface area contributed by atoms with Gasteiger partial charge < -0.3 is 5.73 Å². The van der Waals surface area contributed by atoms with Crippen molar-refractivity contribution < 1.29 is 8.42 Å². The van der Waals surface area contributed by atoms with Crippen LogP contribution in [0, 0.1) is 0 Å². The molecule has 0 radical (unpaired) electrons. The van der Waals surface area contributed by atoms with Gasteiger partial charge >= 0.3 is 0 Å². The first-order chi connectivity index (χ1) is 14.3. The topological polar surface area (TPSA) is 104 Å². The highest BCUT2D eigenvalue weighted by Gasteiger charge is 2.23. The van der Waals surface area contributed by atoms with Gasteiger partial charge in [-0.15, -0.1) is 0 Å². The summed E-state index contributed by atoms with van der Waals surface area (Å²) in [6.45, 7) is 0. The first-order valence-corrected chi connectivity index (χ1v) is 11.1. The van der Waals surface area contributed by atoms with E-state index >= 15 is 0 Å². The zero-order valence-corrected chi connectivity index (χ0v) is 17.8. The van der Waals surface area contributed by atoms with E-state index in [0.29, 0.717) is 32.7 Å². The van der Waals surface area contributed by atoms with Crippen molar-refractivity contribution in [2.24, 2.45) is 5.14 Å². The molecule has 0 aliphatic heterocycles. The Morgan fingerprint density at radius 3 is 1.90 bits per heavy atom. The van der Waals surface area contributed by atoms with Gasteiger partial charge in [-0.1, -0.05) is 59.6 Å². The molecule has 0 aliphatic rings. The minimum Gasteiger partial charge on any atom is -0.395 e. The summed E-state index contributed by atoms with van der Waals surface area (Å²) in [7, 11) is -4.00. The Hall–Kier alpha value is -2.84. The summed E-state index contributed by atoms with van der Waals surface area (Å²) in [5.41, 5.74) is 9.64. The number of halogens is 2. The summed E-state index contributed by atoms with van der Waals surface area (Å²) in [5, 5.41) is 11.2. The van der Waals surface area contributed by atoms with Crippen molar-refractivity contribution in [3.63, 3.8) is 0 Å². The number of nitrogens with two attached hydrogens (primary N) is 2. The maximum absolute atomic E-state index is 12.2. The highest BCUT2D eigenvalue weighted by Crippen LogP contribution is 2.38. The number of aromatic nitrogens is 2. The number of primary sulfonamides is 1. The molecule has 0 amide bonds. The van der Waals surface area contributed by atoms with Crippen LogP contribution in [-0.4, -0.2) is 18.2 Å². The van der Waals surface area contributed by atoms with Crippen molar-refractivity contribution in [2.75, 3.05) is 5.73 Å². The van der Waals surface area contributed by atoms with Crippen LogP contribution in [0.2, 0.25) is 10.0 Å². The lowest BCUT2D eigenvalue weighted by Gasteiger charge is -2.12. The molecular formula is C21H16Cl2N4O2S. The van der Waals surface area contributed by atoms with Gasteiger partial charge in [0.05, 0.1) is 17.1 Å². The Bertz CT molecular complexity index is 1330. The van der Waals surface area contributed by atoms with Crippen LogP contribution in [0.4, 0.5) is 5.69 Å². The van der Waals surface area contributed by atoms with Crippen molar-refractivity contribution in [3.05, 3.63) is 82.8 Å². The van der Waals surface area contributed by atoms with E-state index in [4.69, 9.17) is 34.1 Å². The molecule has 0 bridgehead atoms. The SMILES string of the molecule is Nc1c(-c2ccc(Cl)cc2)nn(-c2ccccc2S(N)(=O)=O)c1-c1ccc(Cl)cc1. The van der Waals surface area contributed by atoms with E-state index in [2.05, 4.69) is 5.10 Å². The van der Waals surface area contributed by atoms with Crippen LogP contribution in [0.3, 0.4) is 0 Å². The van der Waals surface area contributed by atoms with Crippen molar-refractivity contribution in [3.8, 4) is 28.2 Å². The molecule has 30 heavy (non-hydrogen) atoms. The van der Waals surface area contributed by atoms with Gasteiger partial charge in [-0.3, -0.25) is 0 Å². The van der Waals surface area contributed by atoms with Crippen molar-refractivity contribution >= 4 is 38.9 Å². The van der Waals surface area contributed by atoms with E-state index in [1.807, 2.05) is 0 Å². The summed E-state index contributed by atoms with van der Waals surface area (Å²) >= 11 is 12.0. The van der Waals surface area contributed by atoms with E-state index in [0.717, 1.165) is 5.56 Å². The second-order valence-corrected chi connectivity index (χ2v) is 8.95. The van der Waals surface area contributed by atoms with E-state index in [9.17, 15) is 8.42 Å². The molecule has 9 heteroatoms. The van der Waals surface area contributed by atoms with Crippen LogP contribution in [0.5, 0.6) is 0 Å². The molecule has 0 saturated heterocycles. The maximum atomic E-state index is 12.2. The summed E-state index contributed by atoms with van der Waals surface area (Å²) in [4.78, 5) is -0.0645. The summed E-state index contributed by atoms with van der Waals surface area (Å²) in [6.07, 6.45) is 0. The number of sulfonamides is 1. The lowest BCUT2D eigenvalue weighted by atomic mass is 10.1. The second kappa shape index (κ2) is 7.77. The van der Waals surface area contributed by atoms with Crippen molar-refractivity contribution in [1.29, 1.82) is 0 Å². The zero-order chi connectivity index (χ0) is 21.5.